The second kappa shape index (κ2) is 6.57. The first-order valence-electron chi connectivity index (χ1n) is 7.17. The van der Waals surface area contributed by atoms with Crippen molar-refractivity contribution in [3.63, 3.8) is 0 Å². The topological polar surface area (TPSA) is 84.3 Å². The van der Waals surface area contributed by atoms with Gasteiger partial charge in [-0.2, -0.15) is 5.10 Å². The average Bonchev–Trinajstić information content (AvgIpc) is 2.85. The van der Waals surface area contributed by atoms with Gasteiger partial charge < -0.3 is 5.32 Å². The first-order valence-corrected chi connectivity index (χ1v) is 9.01. The Bertz CT molecular complexity index is 588. The molecule has 1 saturated heterocycles. The minimum absolute atomic E-state index is 0.0610. The fourth-order valence-electron chi connectivity index (χ4n) is 2.51. The fraction of sp³-hybridized carbons (Fsp3) is 0.692. The normalized spacial score (nSPS) is 17.8. The van der Waals surface area contributed by atoms with E-state index in [2.05, 4.69) is 10.4 Å². The molecule has 1 amide bonds. The van der Waals surface area contributed by atoms with E-state index >= 15 is 0 Å². The SMILES string of the molecule is CCn1ccc(NC(=O)CC2CCN(S(C)(=O)=O)CC2)n1. The molecule has 1 N–H and O–H groups in total. The van der Waals surface area contributed by atoms with E-state index in [-0.39, 0.29) is 11.8 Å². The van der Waals surface area contributed by atoms with Gasteiger partial charge in [0.2, 0.25) is 15.9 Å². The number of nitrogens with zero attached hydrogens (tertiary/aromatic N) is 3. The number of aromatic nitrogens is 2. The average molecular weight is 314 g/mol. The minimum atomic E-state index is -3.11. The van der Waals surface area contributed by atoms with Crippen molar-refractivity contribution in [3.05, 3.63) is 12.3 Å². The predicted octanol–water partition coefficient (Wildman–Crippen LogP) is 0.903. The Hall–Kier alpha value is -1.41. The monoisotopic (exact) mass is 314 g/mol. The number of anilines is 1. The van der Waals surface area contributed by atoms with Gasteiger partial charge in [0.25, 0.3) is 0 Å². The molecule has 118 valence electrons. The quantitative estimate of drug-likeness (QED) is 0.875. The summed E-state index contributed by atoms with van der Waals surface area (Å²) in [7, 11) is -3.11. The number of hydrogen-bond donors (Lipinski definition) is 1. The van der Waals surface area contributed by atoms with Gasteiger partial charge in [-0.15, -0.1) is 0 Å². The third-order valence-corrected chi connectivity index (χ3v) is 5.05. The summed E-state index contributed by atoms with van der Waals surface area (Å²) in [4.78, 5) is 12.0. The molecule has 0 spiro atoms. The van der Waals surface area contributed by atoms with E-state index in [1.54, 1.807) is 10.7 Å². The number of sulfonamides is 1. The van der Waals surface area contributed by atoms with Crippen molar-refractivity contribution in [3.8, 4) is 0 Å². The Balaban J connectivity index is 1.79. The maximum absolute atomic E-state index is 12.0. The van der Waals surface area contributed by atoms with Gasteiger partial charge in [-0.25, -0.2) is 12.7 Å². The van der Waals surface area contributed by atoms with Crippen molar-refractivity contribution in [2.45, 2.75) is 32.7 Å². The second-order valence-electron chi connectivity index (χ2n) is 5.41. The van der Waals surface area contributed by atoms with Gasteiger partial charge in [0.1, 0.15) is 0 Å². The van der Waals surface area contributed by atoms with E-state index in [1.165, 1.54) is 10.6 Å². The van der Waals surface area contributed by atoms with Crippen LogP contribution in [0.4, 0.5) is 5.82 Å². The third-order valence-electron chi connectivity index (χ3n) is 3.75. The molecule has 1 aliphatic heterocycles. The van der Waals surface area contributed by atoms with E-state index in [9.17, 15) is 13.2 Å². The number of amides is 1. The fourth-order valence-corrected chi connectivity index (χ4v) is 3.38. The van der Waals surface area contributed by atoms with Crippen molar-refractivity contribution in [1.29, 1.82) is 0 Å². The molecular weight excluding hydrogens is 292 g/mol. The van der Waals surface area contributed by atoms with E-state index in [4.69, 9.17) is 0 Å². The number of rotatable bonds is 5. The zero-order valence-electron chi connectivity index (χ0n) is 12.4. The maximum atomic E-state index is 12.0. The highest BCUT2D eigenvalue weighted by atomic mass is 32.2. The summed E-state index contributed by atoms with van der Waals surface area (Å²) in [5.41, 5.74) is 0. The molecule has 0 aromatic carbocycles. The van der Waals surface area contributed by atoms with Crippen LogP contribution in [0.1, 0.15) is 26.2 Å². The van der Waals surface area contributed by atoms with Crippen molar-refractivity contribution in [1.82, 2.24) is 14.1 Å². The molecule has 0 radical (unpaired) electrons. The van der Waals surface area contributed by atoms with E-state index in [1.807, 2.05) is 13.1 Å². The number of piperidine rings is 1. The van der Waals surface area contributed by atoms with Crippen LogP contribution in [0.3, 0.4) is 0 Å². The Morgan fingerprint density at radius 3 is 2.62 bits per heavy atom. The first-order chi connectivity index (χ1) is 9.88. The van der Waals surface area contributed by atoms with Crippen LogP contribution in [0, 0.1) is 5.92 Å². The smallest absolute Gasteiger partial charge is 0.225 e. The van der Waals surface area contributed by atoms with Crippen LogP contribution in [-0.4, -0.2) is 47.8 Å². The van der Waals surface area contributed by atoms with Gasteiger partial charge in [-0.05, 0) is 25.7 Å². The number of hydrogen-bond acceptors (Lipinski definition) is 4. The van der Waals surface area contributed by atoms with Crippen LogP contribution in [0.15, 0.2) is 12.3 Å². The molecule has 2 heterocycles. The summed E-state index contributed by atoms with van der Waals surface area (Å²) in [6.07, 6.45) is 4.91. The Morgan fingerprint density at radius 1 is 1.43 bits per heavy atom. The van der Waals surface area contributed by atoms with Crippen molar-refractivity contribution in [2.75, 3.05) is 24.7 Å². The van der Waals surface area contributed by atoms with Gasteiger partial charge >= 0.3 is 0 Å². The number of carbonyl (C=O) groups excluding carboxylic acids is 1. The van der Waals surface area contributed by atoms with Gasteiger partial charge in [0.15, 0.2) is 5.82 Å². The third kappa shape index (κ3) is 4.53. The standard InChI is InChI=1S/C13H22N4O3S/c1-3-16-7-6-12(15-16)14-13(18)10-11-4-8-17(9-5-11)21(2,19)20/h6-7,11H,3-5,8-10H2,1-2H3,(H,14,15,18). The molecule has 0 atom stereocenters. The van der Waals surface area contributed by atoms with Crippen LogP contribution < -0.4 is 5.32 Å². The van der Waals surface area contributed by atoms with Gasteiger partial charge in [-0.1, -0.05) is 0 Å². The van der Waals surface area contributed by atoms with Crippen LogP contribution in [0.25, 0.3) is 0 Å². The molecule has 1 aromatic rings. The molecule has 8 heteroatoms. The van der Waals surface area contributed by atoms with Crippen LogP contribution in [0.2, 0.25) is 0 Å². The molecule has 0 unspecified atom stereocenters. The van der Waals surface area contributed by atoms with E-state index in [0.717, 1.165) is 19.4 Å². The lowest BCUT2D eigenvalue weighted by Gasteiger charge is -2.29. The lowest BCUT2D eigenvalue weighted by atomic mass is 9.94. The Kier molecular flexibility index (Phi) is 5.00. The summed E-state index contributed by atoms with van der Waals surface area (Å²) in [5, 5.41) is 6.99. The van der Waals surface area contributed by atoms with Crippen molar-refractivity contribution < 1.29 is 13.2 Å². The molecule has 0 saturated carbocycles. The van der Waals surface area contributed by atoms with Crippen molar-refractivity contribution in [2.24, 2.45) is 5.92 Å². The van der Waals surface area contributed by atoms with Crippen LogP contribution >= 0.6 is 0 Å². The Labute approximate surface area is 125 Å². The number of aryl methyl sites for hydroxylation is 1. The molecule has 1 aromatic heterocycles. The van der Waals surface area contributed by atoms with Crippen molar-refractivity contribution >= 4 is 21.7 Å². The lowest BCUT2D eigenvalue weighted by molar-refractivity contribution is -0.117. The van der Waals surface area contributed by atoms with Gasteiger partial charge in [0, 0.05) is 38.3 Å². The second-order valence-corrected chi connectivity index (χ2v) is 7.40. The molecule has 1 aliphatic rings. The number of carbonyl (C=O) groups is 1. The highest BCUT2D eigenvalue weighted by Crippen LogP contribution is 2.22. The summed E-state index contributed by atoms with van der Waals surface area (Å²) < 4.78 is 26.1. The summed E-state index contributed by atoms with van der Waals surface area (Å²) >= 11 is 0. The highest BCUT2D eigenvalue weighted by molar-refractivity contribution is 7.88. The largest absolute Gasteiger partial charge is 0.309 e. The van der Waals surface area contributed by atoms with Crippen LogP contribution in [-0.2, 0) is 21.4 Å². The molecule has 7 nitrogen and oxygen atoms in total. The lowest BCUT2D eigenvalue weighted by Crippen LogP contribution is -2.38. The van der Waals surface area contributed by atoms with Gasteiger partial charge in [0.05, 0.1) is 6.26 Å². The molecule has 0 bridgehead atoms. The van der Waals surface area contributed by atoms with Crippen LogP contribution in [0.5, 0.6) is 0 Å². The molecule has 21 heavy (non-hydrogen) atoms. The zero-order chi connectivity index (χ0) is 15.5. The number of nitrogens with one attached hydrogen (secondary N) is 1. The molecule has 0 aliphatic carbocycles. The van der Waals surface area contributed by atoms with Gasteiger partial charge in [-0.3, -0.25) is 9.48 Å². The Morgan fingerprint density at radius 2 is 2.10 bits per heavy atom. The highest BCUT2D eigenvalue weighted by Gasteiger charge is 2.26. The molecule has 2 rings (SSSR count). The molecular formula is C13H22N4O3S. The summed E-state index contributed by atoms with van der Waals surface area (Å²) in [5.74, 6) is 0.737. The minimum Gasteiger partial charge on any atom is -0.309 e. The summed E-state index contributed by atoms with van der Waals surface area (Å²) in [6.45, 7) is 3.75. The maximum Gasteiger partial charge on any atom is 0.225 e. The first kappa shape index (κ1) is 16.0. The zero-order valence-corrected chi connectivity index (χ0v) is 13.3. The summed E-state index contributed by atoms with van der Waals surface area (Å²) in [6, 6.07) is 1.77. The molecule has 1 fully saturated rings. The van der Waals surface area contributed by atoms with E-state index in [0.29, 0.717) is 25.3 Å². The predicted molar refractivity (Wildman–Crippen MR) is 80.3 cm³/mol. The van der Waals surface area contributed by atoms with E-state index < -0.39 is 10.0 Å².